The Morgan fingerprint density at radius 3 is 2.20 bits per heavy atom. The average Bonchev–Trinajstić information content (AvgIpc) is 2.85. The third-order valence-electron chi connectivity index (χ3n) is 5.87. The van der Waals surface area contributed by atoms with E-state index < -0.39 is 34.9 Å². The van der Waals surface area contributed by atoms with Crippen LogP contribution in [0.1, 0.15) is 26.3 Å². The Morgan fingerprint density at radius 1 is 0.829 bits per heavy atom. The number of nitrogens with zero attached hydrogens (tertiary/aromatic N) is 2. The number of benzene rings is 3. The molecule has 3 amide bonds. The van der Waals surface area contributed by atoms with Crippen LogP contribution in [0.25, 0.3) is 10.8 Å². The Labute approximate surface area is 198 Å². The fraction of sp³-hybridized carbons (Fsp3) is 0.240. The van der Waals surface area contributed by atoms with E-state index in [2.05, 4.69) is 5.32 Å². The molecule has 0 radical (unpaired) electrons. The van der Waals surface area contributed by atoms with E-state index in [1.807, 2.05) is 30.3 Å². The standard InChI is InChI=1S/C25H21F4N3O3/c26-17-8-9-21(25(27,28)29)20(14-17)24(35)32-12-10-31(11-13-32)22(33)15-30-23(34)19-7-3-5-16-4-1-2-6-18(16)19/h1-9,14H,10-13,15H2,(H,30,34). The average molecular weight is 487 g/mol. The summed E-state index contributed by atoms with van der Waals surface area (Å²) in [5.41, 5.74) is -1.54. The van der Waals surface area contributed by atoms with E-state index in [0.29, 0.717) is 23.8 Å². The summed E-state index contributed by atoms with van der Waals surface area (Å²) in [5, 5.41) is 4.24. The lowest BCUT2D eigenvalue weighted by Crippen LogP contribution is -2.52. The van der Waals surface area contributed by atoms with E-state index in [1.54, 1.807) is 12.1 Å². The van der Waals surface area contributed by atoms with E-state index >= 15 is 0 Å². The zero-order chi connectivity index (χ0) is 25.2. The topological polar surface area (TPSA) is 69.7 Å². The summed E-state index contributed by atoms with van der Waals surface area (Å²) in [6, 6.07) is 14.4. The van der Waals surface area contributed by atoms with Gasteiger partial charge in [-0.05, 0) is 35.0 Å². The molecule has 3 aromatic rings. The van der Waals surface area contributed by atoms with Gasteiger partial charge >= 0.3 is 6.18 Å². The van der Waals surface area contributed by atoms with E-state index in [1.165, 1.54) is 4.90 Å². The Morgan fingerprint density at radius 2 is 1.49 bits per heavy atom. The first-order valence-electron chi connectivity index (χ1n) is 10.8. The van der Waals surface area contributed by atoms with Gasteiger partial charge in [-0.1, -0.05) is 36.4 Å². The molecule has 1 heterocycles. The first kappa shape index (κ1) is 24.2. The molecule has 4 rings (SSSR count). The van der Waals surface area contributed by atoms with Crippen LogP contribution < -0.4 is 5.32 Å². The SMILES string of the molecule is O=C(NCC(=O)N1CCN(C(=O)c2cc(F)ccc2C(F)(F)F)CC1)c1cccc2ccccc12. The van der Waals surface area contributed by atoms with Gasteiger partial charge < -0.3 is 15.1 Å². The van der Waals surface area contributed by atoms with Crippen molar-refractivity contribution in [1.82, 2.24) is 15.1 Å². The van der Waals surface area contributed by atoms with Gasteiger partial charge in [-0.25, -0.2) is 4.39 Å². The lowest BCUT2D eigenvalue weighted by Gasteiger charge is -2.35. The highest BCUT2D eigenvalue weighted by Crippen LogP contribution is 2.33. The number of fused-ring (bicyclic) bond motifs is 1. The number of piperazine rings is 1. The molecule has 3 aromatic carbocycles. The summed E-state index contributed by atoms with van der Waals surface area (Å²) >= 11 is 0. The van der Waals surface area contributed by atoms with Gasteiger partial charge in [0.25, 0.3) is 11.8 Å². The molecule has 0 saturated carbocycles. The van der Waals surface area contributed by atoms with Crippen molar-refractivity contribution < 1.29 is 31.9 Å². The zero-order valence-electron chi connectivity index (χ0n) is 18.4. The molecule has 0 aliphatic carbocycles. The maximum absolute atomic E-state index is 13.6. The van der Waals surface area contributed by atoms with Crippen molar-refractivity contribution in [3.8, 4) is 0 Å². The molecular formula is C25H21F4N3O3. The molecular weight excluding hydrogens is 466 g/mol. The van der Waals surface area contributed by atoms with Crippen molar-refractivity contribution in [3.05, 3.63) is 83.2 Å². The van der Waals surface area contributed by atoms with Gasteiger partial charge in [0.1, 0.15) is 5.82 Å². The number of rotatable bonds is 4. The lowest BCUT2D eigenvalue weighted by atomic mass is 10.0. The van der Waals surface area contributed by atoms with Crippen LogP contribution >= 0.6 is 0 Å². The molecule has 0 unspecified atom stereocenters. The summed E-state index contributed by atoms with van der Waals surface area (Å²) in [7, 11) is 0. The van der Waals surface area contributed by atoms with Crippen LogP contribution in [0.2, 0.25) is 0 Å². The number of amides is 3. The molecule has 1 saturated heterocycles. The molecule has 1 fully saturated rings. The number of carbonyl (C=O) groups excluding carboxylic acids is 3. The van der Waals surface area contributed by atoms with Crippen molar-refractivity contribution in [2.45, 2.75) is 6.18 Å². The number of carbonyl (C=O) groups is 3. The molecule has 1 aliphatic rings. The van der Waals surface area contributed by atoms with Crippen LogP contribution in [0.3, 0.4) is 0 Å². The molecule has 182 valence electrons. The number of hydrogen-bond acceptors (Lipinski definition) is 3. The second-order valence-corrected chi connectivity index (χ2v) is 8.07. The highest BCUT2D eigenvalue weighted by molar-refractivity contribution is 6.07. The summed E-state index contributed by atoms with van der Waals surface area (Å²) in [6.07, 6.45) is -4.81. The van der Waals surface area contributed by atoms with Crippen molar-refractivity contribution in [2.24, 2.45) is 0 Å². The molecule has 6 nitrogen and oxygen atoms in total. The Balaban J connectivity index is 1.35. The molecule has 0 bridgehead atoms. The Hall–Kier alpha value is -3.95. The minimum Gasteiger partial charge on any atom is -0.343 e. The smallest absolute Gasteiger partial charge is 0.343 e. The van der Waals surface area contributed by atoms with Gasteiger partial charge in [0.2, 0.25) is 5.91 Å². The Bertz CT molecular complexity index is 1280. The first-order chi connectivity index (χ1) is 16.6. The third-order valence-corrected chi connectivity index (χ3v) is 5.87. The van der Waals surface area contributed by atoms with Crippen molar-refractivity contribution >= 4 is 28.5 Å². The molecule has 1 N–H and O–H groups in total. The minimum absolute atomic E-state index is 0.0182. The van der Waals surface area contributed by atoms with Gasteiger partial charge in [0.15, 0.2) is 0 Å². The number of halogens is 4. The highest BCUT2D eigenvalue weighted by atomic mass is 19.4. The van der Waals surface area contributed by atoms with Crippen LogP contribution in [-0.2, 0) is 11.0 Å². The van der Waals surface area contributed by atoms with Crippen molar-refractivity contribution in [2.75, 3.05) is 32.7 Å². The highest BCUT2D eigenvalue weighted by Gasteiger charge is 2.37. The van der Waals surface area contributed by atoms with Gasteiger partial charge in [0.05, 0.1) is 17.7 Å². The molecule has 0 aromatic heterocycles. The summed E-state index contributed by atoms with van der Waals surface area (Å²) in [5.74, 6) is -2.69. The van der Waals surface area contributed by atoms with E-state index in [-0.39, 0.29) is 38.6 Å². The van der Waals surface area contributed by atoms with Crippen molar-refractivity contribution in [1.29, 1.82) is 0 Å². The molecule has 10 heteroatoms. The maximum Gasteiger partial charge on any atom is 0.417 e. The van der Waals surface area contributed by atoms with Gasteiger partial charge in [-0.15, -0.1) is 0 Å². The Kier molecular flexibility index (Phi) is 6.72. The second-order valence-electron chi connectivity index (χ2n) is 8.07. The quantitative estimate of drug-likeness (QED) is 0.571. The molecule has 0 spiro atoms. The predicted molar refractivity (Wildman–Crippen MR) is 120 cm³/mol. The van der Waals surface area contributed by atoms with Crippen LogP contribution in [0.15, 0.2) is 60.7 Å². The van der Waals surface area contributed by atoms with Crippen LogP contribution in [-0.4, -0.2) is 60.2 Å². The van der Waals surface area contributed by atoms with Crippen LogP contribution in [0.5, 0.6) is 0 Å². The zero-order valence-corrected chi connectivity index (χ0v) is 18.4. The summed E-state index contributed by atoms with van der Waals surface area (Å²) in [6.45, 7) is -0.153. The monoisotopic (exact) mass is 487 g/mol. The first-order valence-corrected chi connectivity index (χ1v) is 10.8. The lowest BCUT2D eigenvalue weighted by molar-refractivity contribution is -0.138. The summed E-state index contributed by atoms with van der Waals surface area (Å²) in [4.78, 5) is 40.5. The molecule has 35 heavy (non-hydrogen) atoms. The van der Waals surface area contributed by atoms with Gasteiger partial charge in [-0.2, -0.15) is 13.2 Å². The third kappa shape index (κ3) is 5.26. The maximum atomic E-state index is 13.6. The van der Waals surface area contributed by atoms with E-state index in [9.17, 15) is 31.9 Å². The molecule has 0 atom stereocenters. The van der Waals surface area contributed by atoms with E-state index in [0.717, 1.165) is 15.7 Å². The molecule has 1 aliphatic heterocycles. The predicted octanol–water partition coefficient (Wildman–Crippen LogP) is 3.71. The number of nitrogens with one attached hydrogen (secondary N) is 1. The second kappa shape index (κ2) is 9.73. The number of alkyl halides is 3. The summed E-state index contributed by atoms with van der Waals surface area (Å²) < 4.78 is 53.3. The number of hydrogen-bond donors (Lipinski definition) is 1. The van der Waals surface area contributed by atoms with Gasteiger partial charge in [0, 0.05) is 31.7 Å². The van der Waals surface area contributed by atoms with Crippen LogP contribution in [0.4, 0.5) is 17.6 Å². The minimum atomic E-state index is -4.81. The normalized spacial score (nSPS) is 14.2. The van der Waals surface area contributed by atoms with Crippen LogP contribution in [0, 0.1) is 5.82 Å². The largest absolute Gasteiger partial charge is 0.417 e. The van der Waals surface area contributed by atoms with Crippen molar-refractivity contribution in [3.63, 3.8) is 0 Å². The fourth-order valence-corrected chi connectivity index (χ4v) is 4.06. The fourth-order valence-electron chi connectivity index (χ4n) is 4.06. The van der Waals surface area contributed by atoms with Gasteiger partial charge in [-0.3, -0.25) is 14.4 Å². The van der Waals surface area contributed by atoms with E-state index in [4.69, 9.17) is 0 Å².